The molecule has 0 aliphatic heterocycles. The monoisotopic (exact) mass is 258 g/mol. The molecule has 0 saturated heterocycles. The zero-order chi connectivity index (χ0) is 10.6. The van der Waals surface area contributed by atoms with Gasteiger partial charge in [-0.1, -0.05) is 29.3 Å². The minimum atomic E-state index is -0.286. The SMILES string of the molecule is CCC/C(=N\N)c1cc(Br)ccc1F. The number of nitrogens with two attached hydrogens (primary N) is 1. The molecule has 0 heterocycles. The lowest BCUT2D eigenvalue weighted by atomic mass is 10.1. The van der Waals surface area contributed by atoms with Gasteiger partial charge in [0.2, 0.25) is 0 Å². The summed E-state index contributed by atoms with van der Waals surface area (Å²) in [5, 5.41) is 3.61. The van der Waals surface area contributed by atoms with Crippen LogP contribution >= 0.6 is 15.9 Å². The Kier molecular flexibility index (Phi) is 4.07. The normalized spacial score (nSPS) is 11.8. The van der Waals surface area contributed by atoms with Gasteiger partial charge in [-0.15, -0.1) is 0 Å². The molecule has 0 aliphatic rings. The van der Waals surface area contributed by atoms with E-state index >= 15 is 0 Å². The van der Waals surface area contributed by atoms with Gasteiger partial charge in [0.15, 0.2) is 0 Å². The Morgan fingerprint density at radius 3 is 2.86 bits per heavy atom. The molecule has 0 spiro atoms. The smallest absolute Gasteiger partial charge is 0.132 e. The molecule has 0 aromatic heterocycles. The molecule has 0 atom stereocenters. The number of hydrazone groups is 1. The van der Waals surface area contributed by atoms with Crippen LogP contribution in [0.4, 0.5) is 4.39 Å². The van der Waals surface area contributed by atoms with Gasteiger partial charge in [-0.05, 0) is 24.6 Å². The average Bonchev–Trinajstić information content (AvgIpc) is 2.18. The molecule has 0 amide bonds. The molecular formula is C10H12BrFN2. The van der Waals surface area contributed by atoms with Gasteiger partial charge in [-0.3, -0.25) is 0 Å². The zero-order valence-corrected chi connectivity index (χ0v) is 9.51. The van der Waals surface area contributed by atoms with E-state index in [2.05, 4.69) is 21.0 Å². The van der Waals surface area contributed by atoms with Gasteiger partial charge in [0.25, 0.3) is 0 Å². The average molecular weight is 259 g/mol. The van der Waals surface area contributed by atoms with Crippen LogP contribution in [0, 0.1) is 5.82 Å². The topological polar surface area (TPSA) is 38.4 Å². The van der Waals surface area contributed by atoms with E-state index in [1.165, 1.54) is 6.07 Å². The number of halogens is 2. The molecular weight excluding hydrogens is 247 g/mol. The quantitative estimate of drug-likeness (QED) is 0.505. The first-order valence-corrected chi connectivity index (χ1v) is 5.20. The first kappa shape index (κ1) is 11.2. The van der Waals surface area contributed by atoms with Crippen LogP contribution in [0.15, 0.2) is 27.8 Å². The second-order valence-electron chi connectivity index (χ2n) is 2.95. The summed E-state index contributed by atoms with van der Waals surface area (Å²) in [6, 6.07) is 4.75. The third-order valence-corrected chi connectivity index (χ3v) is 2.38. The van der Waals surface area contributed by atoms with Crippen LogP contribution < -0.4 is 5.84 Å². The largest absolute Gasteiger partial charge is 0.323 e. The fourth-order valence-electron chi connectivity index (χ4n) is 1.22. The highest BCUT2D eigenvalue weighted by molar-refractivity contribution is 9.10. The Morgan fingerprint density at radius 1 is 1.57 bits per heavy atom. The van der Waals surface area contributed by atoms with Crippen LogP contribution in [-0.2, 0) is 0 Å². The number of benzene rings is 1. The molecule has 14 heavy (non-hydrogen) atoms. The molecule has 0 radical (unpaired) electrons. The molecule has 1 aromatic carbocycles. The molecule has 1 aromatic rings. The molecule has 0 saturated carbocycles. The molecule has 76 valence electrons. The van der Waals surface area contributed by atoms with Gasteiger partial charge in [-0.2, -0.15) is 5.10 Å². The van der Waals surface area contributed by atoms with E-state index in [0.717, 1.165) is 10.9 Å². The molecule has 2 nitrogen and oxygen atoms in total. The lowest BCUT2D eigenvalue weighted by Gasteiger charge is -2.05. The number of nitrogens with zero attached hydrogens (tertiary/aromatic N) is 1. The fraction of sp³-hybridized carbons (Fsp3) is 0.300. The Balaban J connectivity index is 3.09. The number of hydrogen-bond acceptors (Lipinski definition) is 2. The van der Waals surface area contributed by atoms with Crippen LogP contribution in [-0.4, -0.2) is 5.71 Å². The van der Waals surface area contributed by atoms with Crippen molar-refractivity contribution >= 4 is 21.6 Å². The number of hydrogen-bond donors (Lipinski definition) is 1. The highest BCUT2D eigenvalue weighted by Gasteiger charge is 2.08. The van der Waals surface area contributed by atoms with Crippen molar-refractivity contribution in [3.05, 3.63) is 34.1 Å². The second-order valence-corrected chi connectivity index (χ2v) is 3.87. The van der Waals surface area contributed by atoms with E-state index in [4.69, 9.17) is 5.84 Å². The standard InChI is InChI=1S/C10H12BrFN2/c1-2-3-10(14-13)8-6-7(11)4-5-9(8)12/h4-6H,2-3,13H2,1H3/b14-10+. The fourth-order valence-corrected chi connectivity index (χ4v) is 1.59. The van der Waals surface area contributed by atoms with Crippen molar-refractivity contribution in [3.8, 4) is 0 Å². The van der Waals surface area contributed by atoms with E-state index in [1.807, 2.05) is 6.92 Å². The maximum absolute atomic E-state index is 13.4. The van der Waals surface area contributed by atoms with Gasteiger partial charge < -0.3 is 5.84 Å². The summed E-state index contributed by atoms with van der Waals surface area (Å²) in [6.07, 6.45) is 1.58. The van der Waals surface area contributed by atoms with Crippen molar-refractivity contribution in [3.63, 3.8) is 0 Å². The summed E-state index contributed by atoms with van der Waals surface area (Å²) < 4.78 is 14.2. The summed E-state index contributed by atoms with van der Waals surface area (Å²) in [7, 11) is 0. The highest BCUT2D eigenvalue weighted by Crippen LogP contribution is 2.17. The van der Waals surface area contributed by atoms with Gasteiger partial charge in [0.1, 0.15) is 5.82 Å². The van der Waals surface area contributed by atoms with Gasteiger partial charge in [0.05, 0.1) is 5.71 Å². The van der Waals surface area contributed by atoms with Crippen LogP contribution in [0.2, 0.25) is 0 Å². The zero-order valence-electron chi connectivity index (χ0n) is 7.93. The van der Waals surface area contributed by atoms with Crippen LogP contribution in [0.3, 0.4) is 0 Å². The van der Waals surface area contributed by atoms with Crippen molar-refractivity contribution in [1.82, 2.24) is 0 Å². The van der Waals surface area contributed by atoms with E-state index in [-0.39, 0.29) is 5.82 Å². The van der Waals surface area contributed by atoms with E-state index in [1.54, 1.807) is 12.1 Å². The summed E-state index contributed by atoms with van der Waals surface area (Å²) in [5.74, 6) is 4.93. The Bertz CT molecular complexity index is 350. The first-order chi connectivity index (χ1) is 6.69. The Morgan fingerprint density at radius 2 is 2.29 bits per heavy atom. The molecule has 0 unspecified atom stereocenters. The molecule has 0 fully saturated rings. The minimum Gasteiger partial charge on any atom is -0.323 e. The van der Waals surface area contributed by atoms with Crippen molar-refractivity contribution in [2.24, 2.45) is 10.9 Å². The lowest BCUT2D eigenvalue weighted by Crippen LogP contribution is -2.06. The number of rotatable bonds is 3. The van der Waals surface area contributed by atoms with Gasteiger partial charge in [-0.25, -0.2) is 4.39 Å². The summed E-state index contributed by atoms with van der Waals surface area (Å²) >= 11 is 3.28. The van der Waals surface area contributed by atoms with Crippen molar-refractivity contribution in [2.75, 3.05) is 0 Å². The summed E-state index contributed by atoms with van der Waals surface area (Å²) in [6.45, 7) is 2.00. The van der Waals surface area contributed by atoms with E-state index < -0.39 is 0 Å². The first-order valence-electron chi connectivity index (χ1n) is 4.41. The molecule has 2 N–H and O–H groups in total. The Hall–Kier alpha value is -0.900. The van der Waals surface area contributed by atoms with Crippen molar-refractivity contribution < 1.29 is 4.39 Å². The maximum Gasteiger partial charge on any atom is 0.132 e. The van der Waals surface area contributed by atoms with Crippen molar-refractivity contribution in [2.45, 2.75) is 19.8 Å². The third kappa shape index (κ3) is 2.54. The summed E-state index contributed by atoms with van der Waals surface area (Å²) in [4.78, 5) is 0. The molecule has 0 aliphatic carbocycles. The molecule has 0 bridgehead atoms. The van der Waals surface area contributed by atoms with Crippen LogP contribution in [0.25, 0.3) is 0 Å². The summed E-state index contributed by atoms with van der Waals surface area (Å²) in [5.41, 5.74) is 1.08. The Labute approximate surface area is 91.1 Å². The predicted molar refractivity (Wildman–Crippen MR) is 59.7 cm³/mol. The van der Waals surface area contributed by atoms with E-state index in [0.29, 0.717) is 17.7 Å². The van der Waals surface area contributed by atoms with Gasteiger partial charge in [0, 0.05) is 10.0 Å². The highest BCUT2D eigenvalue weighted by atomic mass is 79.9. The van der Waals surface area contributed by atoms with Crippen LogP contribution in [0.1, 0.15) is 25.3 Å². The third-order valence-electron chi connectivity index (χ3n) is 1.88. The minimum absolute atomic E-state index is 0.286. The van der Waals surface area contributed by atoms with Crippen molar-refractivity contribution in [1.29, 1.82) is 0 Å². The molecule has 4 heteroatoms. The predicted octanol–water partition coefficient (Wildman–Crippen LogP) is 3.05. The lowest BCUT2D eigenvalue weighted by molar-refractivity contribution is 0.624. The van der Waals surface area contributed by atoms with Crippen LogP contribution in [0.5, 0.6) is 0 Å². The second kappa shape index (κ2) is 5.10. The van der Waals surface area contributed by atoms with E-state index in [9.17, 15) is 4.39 Å². The van der Waals surface area contributed by atoms with Gasteiger partial charge >= 0.3 is 0 Å². The maximum atomic E-state index is 13.4. The molecule has 1 rings (SSSR count).